The molecular formula is C29H16F3N3OS. The van der Waals surface area contributed by atoms with Crippen molar-refractivity contribution in [1.29, 1.82) is 0 Å². The van der Waals surface area contributed by atoms with Gasteiger partial charge < -0.3 is 0 Å². The van der Waals surface area contributed by atoms with Crippen LogP contribution in [0.15, 0.2) is 91.0 Å². The standard InChI is InChI=1S/C29H16F3N3OS/c30-21-15-24-27(26(32)25(21)31)34-29(37-24)35-28(36)20-14-23(33-22-9-5-4-8-19(20)22)18-12-10-17(11-13-18)16-6-2-1-3-7-16/h1-15H,(H,34,35,36). The van der Waals surface area contributed by atoms with E-state index >= 15 is 0 Å². The maximum atomic E-state index is 14.1. The molecule has 4 nitrogen and oxygen atoms in total. The molecule has 0 atom stereocenters. The van der Waals surface area contributed by atoms with Gasteiger partial charge in [-0.05, 0) is 29.3 Å². The van der Waals surface area contributed by atoms with Crippen molar-refractivity contribution >= 4 is 43.5 Å². The number of pyridine rings is 1. The predicted octanol–water partition coefficient (Wildman–Crippen LogP) is 7.85. The summed E-state index contributed by atoms with van der Waals surface area (Å²) in [7, 11) is 0. The zero-order valence-electron chi connectivity index (χ0n) is 19.0. The summed E-state index contributed by atoms with van der Waals surface area (Å²) in [6.07, 6.45) is 0. The summed E-state index contributed by atoms with van der Waals surface area (Å²) < 4.78 is 41.5. The van der Waals surface area contributed by atoms with Crippen molar-refractivity contribution in [2.75, 3.05) is 5.32 Å². The summed E-state index contributed by atoms with van der Waals surface area (Å²) in [5.41, 5.74) is 4.20. The summed E-state index contributed by atoms with van der Waals surface area (Å²) in [6.45, 7) is 0. The third-order valence-electron chi connectivity index (χ3n) is 5.99. The summed E-state index contributed by atoms with van der Waals surface area (Å²) in [6, 6.07) is 27.6. The molecule has 0 aliphatic rings. The van der Waals surface area contributed by atoms with Gasteiger partial charge in [-0.15, -0.1) is 0 Å². The van der Waals surface area contributed by atoms with Crippen molar-refractivity contribution in [1.82, 2.24) is 9.97 Å². The van der Waals surface area contributed by atoms with Crippen LogP contribution in [0.25, 0.3) is 43.5 Å². The van der Waals surface area contributed by atoms with Gasteiger partial charge in [0.2, 0.25) is 0 Å². The molecule has 0 radical (unpaired) electrons. The molecule has 0 unspecified atom stereocenters. The van der Waals surface area contributed by atoms with Gasteiger partial charge >= 0.3 is 0 Å². The number of hydrogen-bond donors (Lipinski definition) is 1. The average Bonchev–Trinajstić information content (AvgIpc) is 3.33. The maximum absolute atomic E-state index is 14.1. The highest BCUT2D eigenvalue weighted by Crippen LogP contribution is 2.32. The van der Waals surface area contributed by atoms with Gasteiger partial charge in [0.25, 0.3) is 5.91 Å². The van der Waals surface area contributed by atoms with E-state index in [0.29, 0.717) is 22.2 Å². The predicted molar refractivity (Wildman–Crippen MR) is 140 cm³/mol. The maximum Gasteiger partial charge on any atom is 0.258 e. The Morgan fingerprint density at radius 1 is 0.730 bits per heavy atom. The van der Waals surface area contributed by atoms with Gasteiger partial charge in [0, 0.05) is 10.9 Å². The van der Waals surface area contributed by atoms with E-state index in [1.807, 2.05) is 66.7 Å². The third kappa shape index (κ3) is 4.21. The summed E-state index contributed by atoms with van der Waals surface area (Å²) in [4.78, 5) is 22.0. The van der Waals surface area contributed by atoms with E-state index in [9.17, 15) is 18.0 Å². The van der Waals surface area contributed by atoms with Crippen LogP contribution in [0.3, 0.4) is 0 Å². The minimum Gasteiger partial charge on any atom is -0.298 e. The van der Waals surface area contributed by atoms with E-state index in [1.165, 1.54) is 0 Å². The molecule has 0 aliphatic carbocycles. The largest absolute Gasteiger partial charge is 0.298 e. The molecule has 6 rings (SSSR count). The van der Waals surface area contributed by atoms with Gasteiger partial charge in [-0.1, -0.05) is 84.1 Å². The highest BCUT2D eigenvalue weighted by atomic mass is 32.1. The molecule has 0 saturated heterocycles. The number of nitrogens with one attached hydrogen (secondary N) is 1. The second-order valence-electron chi connectivity index (χ2n) is 8.32. The fourth-order valence-corrected chi connectivity index (χ4v) is 5.05. The van der Waals surface area contributed by atoms with Crippen molar-refractivity contribution in [2.24, 2.45) is 0 Å². The highest BCUT2D eigenvalue weighted by molar-refractivity contribution is 7.22. The van der Waals surface area contributed by atoms with Crippen LogP contribution >= 0.6 is 11.3 Å². The van der Waals surface area contributed by atoms with Gasteiger partial charge in [0.1, 0.15) is 5.52 Å². The van der Waals surface area contributed by atoms with Crippen molar-refractivity contribution in [3.05, 3.63) is 114 Å². The monoisotopic (exact) mass is 511 g/mol. The number of para-hydroxylation sites is 1. The first-order valence-corrected chi connectivity index (χ1v) is 12.1. The van der Waals surface area contributed by atoms with Crippen LogP contribution in [0.5, 0.6) is 0 Å². The second kappa shape index (κ2) is 9.15. The molecule has 0 aliphatic heterocycles. The van der Waals surface area contributed by atoms with Gasteiger partial charge in [0.15, 0.2) is 22.6 Å². The van der Waals surface area contributed by atoms with Crippen molar-refractivity contribution < 1.29 is 18.0 Å². The number of thiazole rings is 1. The molecule has 8 heteroatoms. The second-order valence-corrected chi connectivity index (χ2v) is 9.35. The quantitative estimate of drug-likeness (QED) is 0.245. The summed E-state index contributed by atoms with van der Waals surface area (Å²) >= 11 is 0.857. The molecule has 1 amide bonds. The van der Waals surface area contributed by atoms with Gasteiger partial charge in [-0.25, -0.2) is 23.1 Å². The number of benzene rings is 4. The Bertz CT molecular complexity index is 1800. The lowest BCUT2D eigenvalue weighted by atomic mass is 10.0. The number of amides is 1. The minimum absolute atomic E-state index is 0.0264. The van der Waals surface area contributed by atoms with E-state index in [1.54, 1.807) is 18.2 Å². The molecule has 0 spiro atoms. The van der Waals surface area contributed by atoms with Crippen LogP contribution in [0.2, 0.25) is 0 Å². The number of aromatic nitrogens is 2. The molecule has 37 heavy (non-hydrogen) atoms. The fraction of sp³-hybridized carbons (Fsp3) is 0. The molecule has 2 heterocycles. The van der Waals surface area contributed by atoms with Crippen LogP contribution in [0.4, 0.5) is 18.3 Å². The van der Waals surface area contributed by atoms with Crippen LogP contribution < -0.4 is 5.32 Å². The van der Waals surface area contributed by atoms with E-state index < -0.39 is 23.4 Å². The van der Waals surface area contributed by atoms with E-state index in [4.69, 9.17) is 4.98 Å². The Balaban J connectivity index is 1.38. The highest BCUT2D eigenvalue weighted by Gasteiger charge is 2.20. The number of halogens is 3. The first-order chi connectivity index (χ1) is 18.0. The lowest BCUT2D eigenvalue weighted by Crippen LogP contribution is -2.13. The van der Waals surface area contributed by atoms with Crippen LogP contribution in [0.1, 0.15) is 10.4 Å². The number of carbonyl (C=O) groups excluding carboxylic acids is 1. The minimum atomic E-state index is -1.60. The van der Waals surface area contributed by atoms with Gasteiger partial charge in [-0.3, -0.25) is 10.1 Å². The molecule has 4 aromatic carbocycles. The Morgan fingerprint density at radius 2 is 1.41 bits per heavy atom. The third-order valence-corrected chi connectivity index (χ3v) is 6.91. The summed E-state index contributed by atoms with van der Waals surface area (Å²) in [5.74, 6) is -4.79. The fourth-order valence-electron chi connectivity index (χ4n) is 4.17. The SMILES string of the molecule is O=C(Nc1nc2c(F)c(F)c(F)cc2s1)c1cc(-c2ccc(-c3ccccc3)cc2)nc2ccccc12. The lowest BCUT2D eigenvalue weighted by Gasteiger charge is -2.10. The number of rotatable bonds is 4. The topological polar surface area (TPSA) is 54.9 Å². The summed E-state index contributed by atoms with van der Waals surface area (Å²) in [5, 5.41) is 3.29. The number of hydrogen-bond acceptors (Lipinski definition) is 4. The normalized spacial score (nSPS) is 11.2. The zero-order chi connectivity index (χ0) is 25.5. The molecular weight excluding hydrogens is 495 g/mol. The van der Waals surface area contributed by atoms with Crippen LogP contribution in [-0.4, -0.2) is 15.9 Å². The first-order valence-electron chi connectivity index (χ1n) is 11.3. The molecule has 6 aromatic rings. The van der Waals surface area contributed by atoms with E-state index in [2.05, 4.69) is 10.3 Å². The Hall–Kier alpha value is -4.56. The average molecular weight is 512 g/mol. The molecule has 180 valence electrons. The smallest absolute Gasteiger partial charge is 0.258 e. The zero-order valence-corrected chi connectivity index (χ0v) is 19.8. The Kier molecular flexibility index (Phi) is 5.65. The van der Waals surface area contributed by atoms with Crippen LogP contribution in [-0.2, 0) is 0 Å². The van der Waals surface area contributed by atoms with E-state index in [0.717, 1.165) is 34.1 Å². The number of fused-ring (bicyclic) bond motifs is 2. The number of anilines is 1. The number of nitrogens with zero attached hydrogens (tertiary/aromatic N) is 2. The van der Waals surface area contributed by atoms with Crippen molar-refractivity contribution in [2.45, 2.75) is 0 Å². The Labute approximate surface area is 213 Å². The van der Waals surface area contributed by atoms with Gasteiger partial charge in [0.05, 0.1) is 21.5 Å². The molecule has 0 bridgehead atoms. The number of carbonyl (C=O) groups is 1. The molecule has 0 saturated carbocycles. The van der Waals surface area contributed by atoms with Crippen molar-refractivity contribution in [3.8, 4) is 22.4 Å². The molecule has 2 aromatic heterocycles. The first kappa shape index (κ1) is 22.9. The lowest BCUT2D eigenvalue weighted by molar-refractivity contribution is 0.102. The Morgan fingerprint density at radius 3 is 2.19 bits per heavy atom. The molecule has 1 N–H and O–H groups in total. The molecule has 0 fully saturated rings. The van der Waals surface area contributed by atoms with Crippen LogP contribution in [0, 0.1) is 17.5 Å². The van der Waals surface area contributed by atoms with E-state index in [-0.39, 0.29) is 15.3 Å². The van der Waals surface area contributed by atoms with Crippen molar-refractivity contribution in [3.63, 3.8) is 0 Å². The van der Waals surface area contributed by atoms with Gasteiger partial charge in [-0.2, -0.15) is 0 Å².